The highest BCUT2D eigenvalue weighted by Crippen LogP contribution is 2.26. The third kappa shape index (κ3) is 2.84. The van der Waals surface area contributed by atoms with Crippen LogP contribution in [0.15, 0.2) is 18.2 Å². The highest BCUT2D eigenvalue weighted by atomic mass is 16.5. The zero-order valence-corrected chi connectivity index (χ0v) is 10.2. The van der Waals surface area contributed by atoms with Gasteiger partial charge in [0.2, 0.25) is 0 Å². The van der Waals surface area contributed by atoms with Crippen molar-refractivity contribution in [3.05, 3.63) is 29.3 Å². The second-order valence-electron chi connectivity index (χ2n) is 3.94. The number of benzene rings is 1. The minimum Gasteiger partial charge on any atom is -0.492 e. The van der Waals surface area contributed by atoms with Gasteiger partial charge in [-0.2, -0.15) is 0 Å². The number of hydrogen-bond acceptors (Lipinski definition) is 3. The van der Waals surface area contributed by atoms with E-state index in [0.29, 0.717) is 12.2 Å². The van der Waals surface area contributed by atoms with Crippen molar-refractivity contribution in [2.75, 3.05) is 6.61 Å². The lowest BCUT2D eigenvalue weighted by atomic mass is 9.98. The highest BCUT2D eigenvalue weighted by molar-refractivity contribution is 6.03. The molecular weight excluding hydrogens is 220 g/mol. The molecule has 0 bridgehead atoms. The molecule has 92 valence electrons. The first kappa shape index (κ1) is 13.2. The molecule has 4 nitrogen and oxygen atoms in total. The van der Waals surface area contributed by atoms with Gasteiger partial charge >= 0.3 is 5.97 Å². The first-order chi connectivity index (χ1) is 7.99. The molecule has 0 aromatic heterocycles. The average Bonchev–Trinajstić information content (AvgIpc) is 2.28. The Hall–Kier alpha value is -1.84. The largest absolute Gasteiger partial charge is 0.492 e. The van der Waals surface area contributed by atoms with E-state index >= 15 is 0 Å². The lowest BCUT2D eigenvalue weighted by Crippen LogP contribution is -2.13. The van der Waals surface area contributed by atoms with E-state index in [2.05, 4.69) is 0 Å². The third-order valence-corrected chi connectivity index (χ3v) is 2.32. The zero-order chi connectivity index (χ0) is 13.0. The van der Waals surface area contributed by atoms with Gasteiger partial charge in [0.05, 0.1) is 12.2 Å². The Morgan fingerprint density at radius 2 is 1.88 bits per heavy atom. The molecule has 0 heterocycles. The summed E-state index contributed by atoms with van der Waals surface area (Å²) in [6, 6.07) is 4.59. The maximum absolute atomic E-state index is 11.9. The molecule has 0 fully saturated rings. The molecule has 0 unspecified atom stereocenters. The lowest BCUT2D eigenvalue weighted by Gasteiger charge is -2.13. The number of Topliss-reactive ketones (excluding diaryl/α,β-unsaturated/α-hetero) is 1. The van der Waals surface area contributed by atoms with Gasteiger partial charge in [0.1, 0.15) is 11.3 Å². The SMILES string of the molecule is CCOc1c(C(=O)O)cccc1C(=O)C(C)C. The molecule has 0 aliphatic rings. The molecule has 17 heavy (non-hydrogen) atoms. The molecular formula is C13H16O4. The van der Waals surface area contributed by atoms with E-state index in [1.165, 1.54) is 6.07 Å². The highest BCUT2D eigenvalue weighted by Gasteiger charge is 2.21. The molecule has 0 aliphatic carbocycles. The summed E-state index contributed by atoms with van der Waals surface area (Å²) < 4.78 is 5.30. The fourth-order valence-electron chi connectivity index (χ4n) is 1.51. The molecule has 1 rings (SSSR count). The number of hydrogen-bond donors (Lipinski definition) is 1. The van der Waals surface area contributed by atoms with Crippen molar-refractivity contribution >= 4 is 11.8 Å². The molecule has 1 aromatic carbocycles. The molecule has 0 amide bonds. The summed E-state index contributed by atoms with van der Waals surface area (Å²) in [4.78, 5) is 23.0. The van der Waals surface area contributed by atoms with Crippen molar-refractivity contribution in [2.24, 2.45) is 5.92 Å². The van der Waals surface area contributed by atoms with Crippen LogP contribution in [0.4, 0.5) is 0 Å². The smallest absolute Gasteiger partial charge is 0.339 e. The van der Waals surface area contributed by atoms with Crippen molar-refractivity contribution in [2.45, 2.75) is 20.8 Å². The maximum Gasteiger partial charge on any atom is 0.339 e. The molecule has 4 heteroatoms. The van der Waals surface area contributed by atoms with Gasteiger partial charge in [-0.05, 0) is 19.1 Å². The van der Waals surface area contributed by atoms with Gasteiger partial charge in [-0.1, -0.05) is 19.9 Å². The first-order valence-corrected chi connectivity index (χ1v) is 5.52. The summed E-state index contributed by atoms with van der Waals surface area (Å²) >= 11 is 0. The Labute approximate surface area is 100 Å². The minimum absolute atomic E-state index is 0.0263. The van der Waals surface area contributed by atoms with Crippen LogP contribution in [0.1, 0.15) is 41.5 Å². The van der Waals surface area contributed by atoms with Crippen molar-refractivity contribution in [1.82, 2.24) is 0 Å². The number of carbonyl (C=O) groups is 2. The fraction of sp³-hybridized carbons (Fsp3) is 0.385. The number of carboxylic acid groups (broad SMARTS) is 1. The fourth-order valence-corrected chi connectivity index (χ4v) is 1.51. The normalized spacial score (nSPS) is 10.4. The molecule has 0 saturated heterocycles. The summed E-state index contributed by atoms with van der Waals surface area (Å²) in [6.07, 6.45) is 0. The number of rotatable bonds is 5. The van der Waals surface area contributed by atoms with Gasteiger partial charge in [-0.3, -0.25) is 4.79 Å². The monoisotopic (exact) mass is 236 g/mol. The van der Waals surface area contributed by atoms with E-state index in [1.807, 2.05) is 0 Å². The summed E-state index contributed by atoms with van der Waals surface area (Å²) in [6.45, 7) is 5.61. The van der Waals surface area contributed by atoms with Crippen LogP contribution < -0.4 is 4.74 Å². The number of ether oxygens (including phenoxy) is 1. The van der Waals surface area contributed by atoms with Crippen molar-refractivity contribution in [3.8, 4) is 5.75 Å². The standard InChI is InChI=1S/C13H16O4/c1-4-17-12-9(11(14)8(2)3)6-5-7-10(12)13(15)16/h5-8H,4H2,1-3H3,(H,15,16). The summed E-state index contributed by atoms with van der Waals surface area (Å²) in [7, 11) is 0. The number of carbonyl (C=O) groups excluding carboxylic acids is 1. The van der Waals surface area contributed by atoms with E-state index < -0.39 is 5.97 Å². The maximum atomic E-state index is 11.9. The van der Waals surface area contributed by atoms with Crippen LogP contribution in [0.3, 0.4) is 0 Å². The van der Waals surface area contributed by atoms with Gasteiger partial charge in [0.25, 0.3) is 0 Å². The Balaban J connectivity index is 3.34. The predicted octanol–water partition coefficient (Wildman–Crippen LogP) is 2.62. The molecule has 1 aromatic rings. The molecule has 0 atom stereocenters. The van der Waals surface area contributed by atoms with Crippen LogP contribution in [0.5, 0.6) is 5.75 Å². The van der Waals surface area contributed by atoms with Gasteiger partial charge in [-0.15, -0.1) is 0 Å². The Morgan fingerprint density at radius 3 is 2.35 bits per heavy atom. The van der Waals surface area contributed by atoms with Gasteiger partial charge in [0.15, 0.2) is 5.78 Å². The second-order valence-corrected chi connectivity index (χ2v) is 3.94. The van der Waals surface area contributed by atoms with E-state index in [1.54, 1.807) is 32.9 Å². The first-order valence-electron chi connectivity index (χ1n) is 5.52. The number of para-hydroxylation sites is 1. The molecule has 0 radical (unpaired) electrons. The third-order valence-electron chi connectivity index (χ3n) is 2.32. The number of aromatic carboxylic acids is 1. The summed E-state index contributed by atoms with van der Waals surface area (Å²) in [5.74, 6) is -1.23. The minimum atomic E-state index is -1.09. The van der Waals surface area contributed by atoms with Crippen molar-refractivity contribution in [1.29, 1.82) is 0 Å². The topological polar surface area (TPSA) is 63.6 Å². The number of carboxylic acids is 1. The zero-order valence-electron chi connectivity index (χ0n) is 10.2. The van der Waals surface area contributed by atoms with Crippen LogP contribution in [0.2, 0.25) is 0 Å². The molecule has 0 saturated carbocycles. The summed E-state index contributed by atoms with van der Waals surface area (Å²) in [5, 5.41) is 9.05. The average molecular weight is 236 g/mol. The second kappa shape index (κ2) is 5.48. The van der Waals surface area contributed by atoms with E-state index in [4.69, 9.17) is 9.84 Å². The Kier molecular flexibility index (Phi) is 4.26. The molecule has 0 aliphatic heterocycles. The number of ketones is 1. The molecule has 1 N–H and O–H groups in total. The van der Waals surface area contributed by atoms with E-state index in [-0.39, 0.29) is 23.0 Å². The molecule has 0 spiro atoms. The van der Waals surface area contributed by atoms with E-state index in [0.717, 1.165) is 0 Å². The lowest BCUT2D eigenvalue weighted by molar-refractivity contribution is 0.0692. The van der Waals surface area contributed by atoms with Crippen molar-refractivity contribution < 1.29 is 19.4 Å². The predicted molar refractivity (Wildman–Crippen MR) is 63.7 cm³/mol. The van der Waals surface area contributed by atoms with Gasteiger partial charge in [-0.25, -0.2) is 4.79 Å². The van der Waals surface area contributed by atoms with Gasteiger partial charge in [0, 0.05) is 5.92 Å². The van der Waals surface area contributed by atoms with Crippen LogP contribution >= 0.6 is 0 Å². The quantitative estimate of drug-likeness (QED) is 0.798. The van der Waals surface area contributed by atoms with Crippen LogP contribution in [-0.4, -0.2) is 23.5 Å². The Bertz CT molecular complexity index is 435. The van der Waals surface area contributed by atoms with Crippen LogP contribution in [0.25, 0.3) is 0 Å². The Morgan fingerprint density at radius 1 is 1.29 bits per heavy atom. The summed E-state index contributed by atoms with van der Waals surface area (Å²) in [5.41, 5.74) is 0.361. The van der Waals surface area contributed by atoms with Crippen LogP contribution in [-0.2, 0) is 0 Å². The van der Waals surface area contributed by atoms with Crippen molar-refractivity contribution in [3.63, 3.8) is 0 Å². The van der Waals surface area contributed by atoms with E-state index in [9.17, 15) is 9.59 Å². The van der Waals surface area contributed by atoms with Gasteiger partial charge < -0.3 is 9.84 Å². The van der Waals surface area contributed by atoms with Crippen LogP contribution in [0, 0.1) is 5.92 Å².